The van der Waals surface area contributed by atoms with E-state index in [1.165, 1.54) is 4.90 Å². The molecule has 1 saturated heterocycles. The van der Waals surface area contributed by atoms with Crippen LogP contribution in [0.5, 0.6) is 0 Å². The van der Waals surface area contributed by atoms with Gasteiger partial charge in [0.15, 0.2) is 0 Å². The van der Waals surface area contributed by atoms with Gasteiger partial charge in [-0.25, -0.2) is 4.79 Å². The van der Waals surface area contributed by atoms with E-state index in [1.807, 2.05) is 0 Å². The molecule has 5 nitrogen and oxygen atoms in total. The fraction of sp³-hybridized carbons (Fsp3) is 0.308. The van der Waals surface area contributed by atoms with E-state index in [9.17, 15) is 14.4 Å². The van der Waals surface area contributed by atoms with Crippen molar-refractivity contribution in [2.45, 2.75) is 13.5 Å². The van der Waals surface area contributed by atoms with Crippen LogP contribution in [0.15, 0.2) is 24.3 Å². The fourth-order valence-corrected chi connectivity index (χ4v) is 2.40. The standard InChI is InChI=1S/C13H13NO4S/c1-2-18-12(16)10-5-3-9(4-6-10)7-14-11(15)8-19-13(14)17/h3-6H,2,7-8H2,1H3. The summed E-state index contributed by atoms with van der Waals surface area (Å²) in [5.41, 5.74) is 1.26. The smallest absolute Gasteiger partial charge is 0.338 e. The average Bonchev–Trinajstić information content (AvgIpc) is 2.72. The van der Waals surface area contributed by atoms with E-state index in [4.69, 9.17) is 4.74 Å². The molecule has 0 N–H and O–H groups in total. The van der Waals surface area contributed by atoms with Crippen molar-refractivity contribution in [1.29, 1.82) is 0 Å². The SMILES string of the molecule is CCOC(=O)c1ccc(CN2C(=O)CSC2=O)cc1. The molecule has 0 aromatic heterocycles. The Morgan fingerprint density at radius 2 is 2.00 bits per heavy atom. The summed E-state index contributed by atoms with van der Waals surface area (Å²) in [5, 5.41) is -0.223. The summed E-state index contributed by atoms with van der Waals surface area (Å²) in [7, 11) is 0. The Hall–Kier alpha value is -1.82. The highest BCUT2D eigenvalue weighted by molar-refractivity contribution is 8.14. The number of ether oxygens (including phenoxy) is 1. The first-order valence-corrected chi connectivity index (χ1v) is 6.83. The van der Waals surface area contributed by atoms with Gasteiger partial charge in [0.05, 0.1) is 24.5 Å². The maximum atomic E-state index is 11.5. The monoisotopic (exact) mass is 279 g/mol. The minimum atomic E-state index is -0.377. The van der Waals surface area contributed by atoms with E-state index in [1.54, 1.807) is 31.2 Å². The molecular weight excluding hydrogens is 266 g/mol. The molecule has 0 atom stereocenters. The van der Waals surface area contributed by atoms with Gasteiger partial charge < -0.3 is 4.74 Å². The van der Waals surface area contributed by atoms with Crippen LogP contribution in [0.2, 0.25) is 0 Å². The number of benzene rings is 1. The van der Waals surface area contributed by atoms with E-state index < -0.39 is 0 Å². The Morgan fingerprint density at radius 3 is 2.53 bits per heavy atom. The number of carbonyl (C=O) groups excluding carboxylic acids is 3. The molecular formula is C13H13NO4S. The maximum Gasteiger partial charge on any atom is 0.338 e. The number of rotatable bonds is 4. The molecule has 0 radical (unpaired) electrons. The van der Waals surface area contributed by atoms with Crippen LogP contribution in [-0.4, -0.2) is 34.4 Å². The highest BCUT2D eigenvalue weighted by Crippen LogP contribution is 2.21. The molecule has 2 rings (SSSR count). The van der Waals surface area contributed by atoms with Gasteiger partial charge in [-0.2, -0.15) is 0 Å². The number of esters is 1. The summed E-state index contributed by atoms with van der Waals surface area (Å²) in [4.78, 5) is 35.6. The Balaban J connectivity index is 2.04. The largest absolute Gasteiger partial charge is 0.462 e. The molecule has 0 saturated carbocycles. The van der Waals surface area contributed by atoms with Gasteiger partial charge in [0, 0.05) is 0 Å². The lowest BCUT2D eigenvalue weighted by molar-refractivity contribution is -0.125. The van der Waals surface area contributed by atoms with Crippen LogP contribution in [0.25, 0.3) is 0 Å². The quantitative estimate of drug-likeness (QED) is 0.789. The highest BCUT2D eigenvalue weighted by Gasteiger charge is 2.29. The van der Waals surface area contributed by atoms with Gasteiger partial charge in [0.25, 0.3) is 5.24 Å². The molecule has 6 heteroatoms. The number of carbonyl (C=O) groups is 3. The number of nitrogens with zero attached hydrogens (tertiary/aromatic N) is 1. The molecule has 1 fully saturated rings. The minimum absolute atomic E-state index is 0.176. The van der Waals surface area contributed by atoms with Crippen LogP contribution in [0, 0.1) is 0 Å². The van der Waals surface area contributed by atoms with E-state index in [-0.39, 0.29) is 29.4 Å². The van der Waals surface area contributed by atoms with Crippen LogP contribution in [0.4, 0.5) is 4.79 Å². The van der Waals surface area contributed by atoms with Gasteiger partial charge in [-0.05, 0) is 24.6 Å². The Bertz CT molecular complexity index is 496. The summed E-state index contributed by atoms with van der Waals surface area (Å²) in [5.74, 6) is -0.345. The highest BCUT2D eigenvalue weighted by atomic mass is 32.2. The van der Waals surface area contributed by atoms with Crippen molar-refractivity contribution in [2.75, 3.05) is 12.4 Å². The molecule has 1 aromatic rings. The van der Waals surface area contributed by atoms with Gasteiger partial charge >= 0.3 is 5.97 Å². The van der Waals surface area contributed by atoms with Crippen LogP contribution in [0.1, 0.15) is 22.8 Å². The van der Waals surface area contributed by atoms with Gasteiger partial charge in [-0.1, -0.05) is 23.9 Å². The third-order valence-corrected chi connectivity index (χ3v) is 3.50. The van der Waals surface area contributed by atoms with Crippen molar-refractivity contribution >= 4 is 28.9 Å². The summed E-state index contributed by atoms with van der Waals surface area (Å²) in [6, 6.07) is 6.70. The zero-order chi connectivity index (χ0) is 13.8. The number of imide groups is 1. The van der Waals surface area contributed by atoms with Gasteiger partial charge in [0.1, 0.15) is 0 Å². The van der Waals surface area contributed by atoms with Crippen molar-refractivity contribution < 1.29 is 19.1 Å². The number of hydrogen-bond acceptors (Lipinski definition) is 5. The third-order valence-electron chi connectivity index (χ3n) is 2.65. The van der Waals surface area contributed by atoms with Crippen LogP contribution in [-0.2, 0) is 16.1 Å². The molecule has 1 aliphatic rings. The zero-order valence-corrected chi connectivity index (χ0v) is 11.2. The van der Waals surface area contributed by atoms with Gasteiger partial charge in [0.2, 0.25) is 5.91 Å². The molecule has 1 heterocycles. The summed E-state index contributed by atoms with van der Waals surface area (Å²) >= 11 is 1.01. The molecule has 0 unspecified atom stereocenters. The van der Waals surface area contributed by atoms with Crippen LogP contribution < -0.4 is 0 Å². The number of amides is 2. The average molecular weight is 279 g/mol. The number of thioether (sulfide) groups is 1. The van der Waals surface area contributed by atoms with Gasteiger partial charge in [-0.3, -0.25) is 14.5 Å². The summed E-state index contributed by atoms with van der Waals surface area (Å²) in [6.45, 7) is 2.32. The van der Waals surface area contributed by atoms with Crippen molar-refractivity contribution in [3.8, 4) is 0 Å². The zero-order valence-electron chi connectivity index (χ0n) is 10.4. The topological polar surface area (TPSA) is 63.7 Å². The number of hydrogen-bond donors (Lipinski definition) is 0. The van der Waals surface area contributed by atoms with Gasteiger partial charge in [-0.15, -0.1) is 0 Å². The first-order chi connectivity index (χ1) is 9.11. The molecule has 0 aliphatic carbocycles. The Morgan fingerprint density at radius 1 is 1.32 bits per heavy atom. The predicted molar refractivity (Wildman–Crippen MR) is 70.8 cm³/mol. The van der Waals surface area contributed by atoms with E-state index in [0.717, 1.165) is 17.3 Å². The van der Waals surface area contributed by atoms with Crippen molar-refractivity contribution in [3.63, 3.8) is 0 Å². The maximum absolute atomic E-state index is 11.5. The first kappa shape index (κ1) is 13.6. The second kappa shape index (κ2) is 5.88. The molecule has 0 spiro atoms. The van der Waals surface area contributed by atoms with Crippen molar-refractivity contribution in [2.24, 2.45) is 0 Å². The lowest BCUT2D eigenvalue weighted by Gasteiger charge is -2.12. The second-order valence-corrected chi connectivity index (χ2v) is 4.88. The Kier molecular flexibility index (Phi) is 4.21. The van der Waals surface area contributed by atoms with E-state index in [2.05, 4.69) is 0 Å². The lowest BCUT2D eigenvalue weighted by atomic mass is 10.1. The molecule has 1 aliphatic heterocycles. The van der Waals surface area contributed by atoms with Crippen molar-refractivity contribution in [3.05, 3.63) is 35.4 Å². The second-order valence-electron chi connectivity index (χ2n) is 3.95. The van der Waals surface area contributed by atoms with E-state index in [0.29, 0.717) is 12.2 Å². The minimum Gasteiger partial charge on any atom is -0.462 e. The molecule has 100 valence electrons. The molecule has 0 bridgehead atoms. The first-order valence-electron chi connectivity index (χ1n) is 5.85. The van der Waals surface area contributed by atoms with E-state index >= 15 is 0 Å². The predicted octanol–water partition coefficient (Wildman–Crippen LogP) is 2.06. The van der Waals surface area contributed by atoms with Crippen LogP contribution in [0.3, 0.4) is 0 Å². The molecule has 19 heavy (non-hydrogen) atoms. The Labute approximate surface area is 114 Å². The van der Waals surface area contributed by atoms with Crippen LogP contribution >= 0.6 is 11.8 Å². The van der Waals surface area contributed by atoms with Crippen molar-refractivity contribution in [1.82, 2.24) is 4.90 Å². The normalized spacial score (nSPS) is 14.9. The third kappa shape index (κ3) is 3.14. The molecule has 2 amide bonds. The lowest BCUT2D eigenvalue weighted by Crippen LogP contribution is -2.27. The summed E-state index contributed by atoms with van der Waals surface area (Å²) < 4.78 is 4.87. The summed E-state index contributed by atoms with van der Waals surface area (Å²) in [6.07, 6.45) is 0. The molecule has 1 aromatic carbocycles. The fourth-order valence-electron chi connectivity index (χ4n) is 1.68.